The van der Waals surface area contributed by atoms with Crippen molar-refractivity contribution in [3.05, 3.63) is 58.5 Å². The average Bonchev–Trinajstić information content (AvgIpc) is 3.35. The summed E-state index contributed by atoms with van der Waals surface area (Å²) in [7, 11) is -2.65. The van der Waals surface area contributed by atoms with Crippen LogP contribution in [-0.2, 0) is 10.0 Å². The largest absolute Gasteiger partial charge is 0.494 e. The van der Waals surface area contributed by atoms with Gasteiger partial charge in [-0.05, 0) is 67.6 Å². The molecular formula is C28H34N2O5S2. The quantitative estimate of drug-likeness (QED) is 0.335. The lowest BCUT2D eigenvalue weighted by Gasteiger charge is -2.37. The van der Waals surface area contributed by atoms with Crippen molar-refractivity contribution in [2.45, 2.75) is 64.3 Å². The Balaban J connectivity index is 1.59. The Morgan fingerprint density at radius 2 is 1.78 bits per heavy atom. The maximum absolute atomic E-state index is 13.2. The van der Waals surface area contributed by atoms with Gasteiger partial charge in [-0.3, -0.25) is 4.72 Å². The van der Waals surface area contributed by atoms with E-state index in [0.29, 0.717) is 27.8 Å². The average molecular weight is 543 g/mol. The minimum absolute atomic E-state index is 0.0453. The number of rotatable bonds is 7. The van der Waals surface area contributed by atoms with Crippen molar-refractivity contribution in [3.63, 3.8) is 0 Å². The zero-order valence-corrected chi connectivity index (χ0v) is 23.5. The van der Waals surface area contributed by atoms with Crippen molar-refractivity contribution in [2.24, 2.45) is 11.3 Å². The van der Waals surface area contributed by atoms with Gasteiger partial charge in [0.1, 0.15) is 10.8 Å². The Hall–Kier alpha value is -2.91. The molecule has 198 valence electrons. The summed E-state index contributed by atoms with van der Waals surface area (Å²) in [6, 6.07) is 10.9. The third-order valence-electron chi connectivity index (χ3n) is 7.43. The Morgan fingerprint density at radius 3 is 2.41 bits per heavy atom. The second-order valence-electron chi connectivity index (χ2n) is 10.7. The molecule has 0 bridgehead atoms. The number of nitrogens with zero attached hydrogens (tertiary/aromatic N) is 1. The minimum Gasteiger partial charge on any atom is -0.494 e. The number of carbonyl (C=O) groups is 1. The molecule has 2 N–H and O–H groups in total. The van der Waals surface area contributed by atoms with Crippen LogP contribution in [0, 0.1) is 18.3 Å². The Labute approximate surface area is 223 Å². The van der Waals surface area contributed by atoms with Gasteiger partial charge in [0.2, 0.25) is 0 Å². The van der Waals surface area contributed by atoms with Gasteiger partial charge in [-0.25, -0.2) is 9.78 Å². The SMILES string of the molecule is COc1c(NS(=O)(=O)c2csc(-c3ccccc3C3CCC(C(C)(C)C)CC3)n2)ccc(C(=O)O)c1C. The number of methoxy groups -OCH3 is 1. The van der Waals surface area contributed by atoms with Crippen LogP contribution < -0.4 is 9.46 Å². The molecule has 7 nitrogen and oxygen atoms in total. The first-order valence-corrected chi connectivity index (χ1v) is 14.8. The van der Waals surface area contributed by atoms with Crippen molar-refractivity contribution in [3.8, 4) is 16.3 Å². The summed E-state index contributed by atoms with van der Waals surface area (Å²) in [4.78, 5) is 16.0. The van der Waals surface area contributed by atoms with Gasteiger partial charge in [0.15, 0.2) is 5.03 Å². The number of anilines is 1. The fourth-order valence-electron chi connectivity index (χ4n) is 5.29. The summed E-state index contributed by atoms with van der Waals surface area (Å²) in [5, 5.41) is 11.5. The third-order valence-corrected chi connectivity index (χ3v) is 9.70. The number of benzene rings is 2. The van der Waals surface area contributed by atoms with Crippen LogP contribution >= 0.6 is 11.3 Å². The van der Waals surface area contributed by atoms with E-state index in [2.05, 4.69) is 36.5 Å². The standard InChI is InChI=1S/C28H34N2O5S2/c1-17-20(27(31)32)14-15-23(25(17)35-5)30-37(33,34)24-16-36-26(29-24)22-9-7-6-8-21(22)18-10-12-19(13-11-18)28(2,3)4/h6-9,14-16,18-19,30H,10-13H2,1-5H3,(H,31,32). The first-order valence-electron chi connectivity index (χ1n) is 12.4. The molecule has 1 heterocycles. The van der Waals surface area contributed by atoms with Gasteiger partial charge >= 0.3 is 5.97 Å². The molecule has 1 fully saturated rings. The molecule has 1 aromatic heterocycles. The van der Waals surface area contributed by atoms with Gasteiger partial charge < -0.3 is 9.84 Å². The molecule has 0 spiro atoms. The summed E-state index contributed by atoms with van der Waals surface area (Å²) < 4.78 is 34.3. The van der Waals surface area contributed by atoms with Crippen LogP contribution in [0.25, 0.3) is 10.6 Å². The van der Waals surface area contributed by atoms with E-state index in [1.165, 1.54) is 54.4 Å². The maximum atomic E-state index is 13.2. The number of aromatic carboxylic acids is 1. The first-order chi connectivity index (χ1) is 17.4. The van der Waals surface area contributed by atoms with E-state index in [0.717, 1.165) is 18.4 Å². The Kier molecular flexibility index (Phi) is 7.67. The molecular weight excluding hydrogens is 508 g/mol. The van der Waals surface area contributed by atoms with Gasteiger partial charge in [0.25, 0.3) is 10.0 Å². The maximum Gasteiger partial charge on any atom is 0.336 e. The van der Waals surface area contributed by atoms with Crippen molar-refractivity contribution in [1.29, 1.82) is 0 Å². The van der Waals surface area contributed by atoms with E-state index in [1.54, 1.807) is 6.92 Å². The third kappa shape index (κ3) is 5.67. The Bertz CT molecular complexity index is 1400. The summed E-state index contributed by atoms with van der Waals surface area (Å²) in [6.45, 7) is 8.52. The van der Waals surface area contributed by atoms with E-state index < -0.39 is 16.0 Å². The number of sulfonamides is 1. The highest BCUT2D eigenvalue weighted by Gasteiger charge is 2.31. The van der Waals surface area contributed by atoms with Crippen molar-refractivity contribution in [1.82, 2.24) is 4.98 Å². The van der Waals surface area contributed by atoms with Crippen LogP contribution in [0.2, 0.25) is 0 Å². The summed E-state index contributed by atoms with van der Waals surface area (Å²) in [6.07, 6.45) is 4.60. The highest BCUT2D eigenvalue weighted by atomic mass is 32.2. The number of carboxylic acid groups (broad SMARTS) is 1. The normalized spacial score (nSPS) is 18.4. The molecule has 0 saturated heterocycles. The van der Waals surface area contributed by atoms with Crippen LogP contribution in [0.5, 0.6) is 5.75 Å². The molecule has 2 aromatic carbocycles. The van der Waals surface area contributed by atoms with E-state index in [9.17, 15) is 18.3 Å². The number of hydrogen-bond donors (Lipinski definition) is 2. The number of carboxylic acids is 1. The lowest BCUT2D eigenvalue weighted by atomic mass is 9.68. The summed E-state index contributed by atoms with van der Waals surface area (Å²) in [5.74, 6) is 0.190. The van der Waals surface area contributed by atoms with Gasteiger partial charge in [-0.2, -0.15) is 8.42 Å². The van der Waals surface area contributed by atoms with Gasteiger partial charge in [0.05, 0.1) is 18.4 Å². The van der Waals surface area contributed by atoms with Crippen LogP contribution in [-0.4, -0.2) is 31.6 Å². The molecule has 0 radical (unpaired) electrons. The highest BCUT2D eigenvalue weighted by Crippen LogP contribution is 2.45. The lowest BCUT2D eigenvalue weighted by molar-refractivity contribution is 0.0695. The molecule has 1 saturated carbocycles. The van der Waals surface area contributed by atoms with Crippen LogP contribution in [0.3, 0.4) is 0 Å². The second kappa shape index (κ2) is 10.5. The topological polar surface area (TPSA) is 106 Å². The summed E-state index contributed by atoms with van der Waals surface area (Å²) in [5.41, 5.74) is 3.06. The fourth-order valence-corrected chi connectivity index (χ4v) is 7.49. The van der Waals surface area contributed by atoms with Crippen molar-refractivity contribution >= 4 is 33.0 Å². The molecule has 0 amide bonds. The number of nitrogens with one attached hydrogen (secondary N) is 1. The number of hydrogen-bond acceptors (Lipinski definition) is 6. The number of ether oxygens (including phenoxy) is 1. The fraction of sp³-hybridized carbons (Fsp3) is 0.429. The molecule has 4 rings (SSSR count). The van der Waals surface area contributed by atoms with Crippen LogP contribution in [0.4, 0.5) is 5.69 Å². The van der Waals surface area contributed by atoms with Gasteiger partial charge in [0, 0.05) is 16.5 Å². The van der Waals surface area contributed by atoms with E-state index in [4.69, 9.17) is 4.74 Å². The molecule has 9 heteroatoms. The predicted molar refractivity (Wildman–Crippen MR) is 147 cm³/mol. The zero-order chi connectivity index (χ0) is 27.0. The lowest BCUT2D eigenvalue weighted by Crippen LogP contribution is -2.25. The van der Waals surface area contributed by atoms with Crippen LogP contribution in [0.15, 0.2) is 46.8 Å². The highest BCUT2D eigenvalue weighted by molar-refractivity contribution is 7.92. The smallest absolute Gasteiger partial charge is 0.336 e. The molecule has 0 unspecified atom stereocenters. The predicted octanol–water partition coefficient (Wildman–Crippen LogP) is 6.95. The minimum atomic E-state index is -4.02. The Morgan fingerprint density at radius 1 is 1.11 bits per heavy atom. The molecule has 3 aromatic rings. The van der Waals surface area contributed by atoms with E-state index in [1.807, 2.05) is 18.2 Å². The molecule has 1 aliphatic rings. The van der Waals surface area contributed by atoms with E-state index in [-0.39, 0.29) is 22.0 Å². The zero-order valence-electron chi connectivity index (χ0n) is 21.9. The monoisotopic (exact) mass is 542 g/mol. The van der Waals surface area contributed by atoms with Gasteiger partial charge in [-0.15, -0.1) is 11.3 Å². The van der Waals surface area contributed by atoms with Crippen LogP contribution in [0.1, 0.15) is 73.9 Å². The number of aromatic nitrogens is 1. The molecule has 1 aliphatic carbocycles. The molecule has 0 aliphatic heterocycles. The number of thiazole rings is 1. The van der Waals surface area contributed by atoms with E-state index >= 15 is 0 Å². The van der Waals surface area contributed by atoms with Crippen molar-refractivity contribution in [2.75, 3.05) is 11.8 Å². The van der Waals surface area contributed by atoms with Gasteiger partial charge in [-0.1, -0.05) is 45.0 Å². The molecule has 37 heavy (non-hydrogen) atoms. The summed E-state index contributed by atoms with van der Waals surface area (Å²) >= 11 is 1.30. The van der Waals surface area contributed by atoms with Crippen molar-refractivity contribution < 1.29 is 23.1 Å². The first kappa shape index (κ1) is 27.1. The molecule has 0 atom stereocenters. The second-order valence-corrected chi connectivity index (χ2v) is 13.2.